The smallest absolute Gasteiger partial charge is 0.292 e. The van der Waals surface area contributed by atoms with Crippen molar-refractivity contribution in [1.82, 2.24) is 10.2 Å². The minimum atomic E-state index is -0.293. The summed E-state index contributed by atoms with van der Waals surface area (Å²) in [6.07, 6.45) is 3.28. The van der Waals surface area contributed by atoms with Gasteiger partial charge in [0.2, 0.25) is 0 Å². The number of anilines is 2. The number of piperazine rings is 1. The highest BCUT2D eigenvalue weighted by molar-refractivity contribution is 7.80. The third-order valence-corrected chi connectivity index (χ3v) is 7.07. The molecule has 0 spiro atoms. The van der Waals surface area contributed by atoms with Crippen molar-refractivity contribution < 1.29 is 14.5 Å². The number of hydrogen-bond donors (Lipinski definition) is 1. The molecule has 2 aliphatic rings. The Morgan fingerprint density at radius 1 is 1.00 bits per heavy atom. The van der Waals surface area contributed by atoms with Gasteiger partial charge in [-0.05, 0) is 73.8 Å². The molecule has 2 aromatic rings. The molecule has 2 aromatic carbocycles. The van der Waals surface area contributed by atoms with Crippen LogP contribution in [0.15, 0.2) is 42.5 Å². The van der Waals surface area contributed by atoms with Crippen LogP contribution in [0.1, 0.15) is 43.5 Å². The number of nitro groups is 1. The predicted molar refractivity (Wildman–Crippen MR) is 150 cm³/mol. The van der Waals surface area contributed by atoms with Crippen molar-refractivity contribution in [3.8, 4) is 5.75 Å². The van der Waals surface area contributed by atoms with E-state index in [2.05, 4.69) is 29.0 Å². The van der Waals surface area contributed by atoms with Gasteiger partial charge >= 0.3 is 0 Å². The van der Waals surface area contributed by atoms with Crippen LogP contribution >= 0.6 is 12.2 Å². The lowest BCUT2D eigenvalue weighted by atomic mass is 10.1. The van der Waals surface area contributed by atoms with Crippen LogP contribution in [-0.2, 0) is 0 Å². The molecule has 1 amide bonds. The Balaban J connectivity index is 1.33. The van der Waals surface area contributed by atoms with Crippen molar-refractivity contribution in [2.45, 2.75) is 33.1 Å². The summed E-state index contributed by atoms with van der Waals surface area (Å²) in [7, 11) is 0. The van der Waals surface area contributed by atoms with Crippen molar-refractivity contribution in [2.24, 2.45) is 5.92 Å². The standard InChI is InChI=1S/C27H35N5O4S/c1-20(2)19-36-23-9-6-21(7-10-23)26(33)28-27(37)31-16-14-29(15-17-31)22-8-11-24(32(34)35)25(18-22)30-12-4-3-5-13-30/h6-11,18,20H,3-5,12-17,19H2,1-2H3,(H,28,33,37). The third kappa shape index (κ3) is 6.88. The number of hydrogen-bond acceptors (Lipinski definition) is 7. The van der Waals surface area contributed by atoms with E-state index in [1.807, 2.05) is 17.0 Å². The van der Waals surface area contributed by atoms with Crippen LogP contribution in [0.4, 0.5) is 17.1 Å². The van der Waals surface area contributed by atoms with Gasteiger partial charge in [0.25, 0.3) is 11.6 Å². The van der Waals surface area contributed by atoms with Gasteiger partial charge < -0.3 is 19.4 Å². The fraction of sp³-hybridized carbons (Fsp3) is 0.481. The molecule has 0 radical (unpaired) electrons. The highest BCUT2D eigenvalue weighted by Crippen LogP contribution is 2.34. The molecular formula is C27H35N5O4S. The van der Waals surface area contributed by atoms with Gasteiger partial charge in [0.05, 0.1) is 11.5 Å². The van der Waals surface area contributed by atoms with Crippen LogP contribution in [0.25, 0.3) is 0 Å². The summed E-state index contributed by atoms with van der Waals surface area (Å²) in [5, 5.41) is 14.9. The zero-order valence-electron chi connectivity index (χ0n) is 21.5. The maximum absolute atomic E-state index is 12.7. The molecule has 1 N–H and O–H groups in total. The third-order valence-electron chi connectivity index (χ3n) is 6.70. The zero-order chi connectivity index (χ0) is 26.4. The molecule has 4 rings (SSSR count). The molecule has 0 aliphatic carbocycles. The summed E-state index contributed by atoms with van der Waals surface area (Å²) in [6.45, 7) is 9.20. The quantitative estimate of drug-likeness (QED) is 0.322. The zero-order valence-corrected chi connectivity index (χ0v) is 22.3. The van der Waals surface area contributed by atoms with Crippen molar-refractivity contribution in [2.75, 3.05) is 55.7 Å². The van der Waals surface area contributed by atoms with Crippen LogP contribution in [0.2, 0.25) is 0 Å². The monoisotopic (exact) mass is 525 g/mol. The van der Waals surface area contributed by atoms with Gasteiger partial charge in [0.15, 0.2) is 5.11 Å². The summed E-state index contributed by atoms with van der Waals surface area (Å²) in [6, 6.07) is 12.5. The van der Waals surface area contributed by atoms with Crippen LogP contribution in [0.5, 0.6) is 5.75 Å². The second-order valence-electron chi connectivity index (χ2n) is 9.94. The van der Waals surface area contributed by atoms with Crippen molar-refractivity contribution in [1.29, 1.82) is 0 Å². The first-order chi connectivity index (χ1) is 17.8. The van der Waals surface area contributed by atoms with Gasteiger partial charge in [-0.2, -0.15) is 0 Å². The van der Waals surface area contributed by atoms with E-state index in [0.717, 1.165) is 37.4 Å². The molecule has 0 aromatic heterocycles. The molecule has 2 fully saturated rings. The minimum Gasteiger partial charge on any atom is -0.493 e. The first-order valence-corrected chi connectivity index (χ1v) is 13.3. The van der Waals surface area contributed by atoms with Gasteiger partial charge in [-0.25, -0.2) is 0 Å². The summed E-state index contributed by atoms with van der Waals surface area (Å²) in [5.41, 5.74) is 2.36. The Bertz CT molecular complexity index is 1110. The number of piperidine rings is 1. The Hall–Kier alpha value is -3.40. The van der Waals surface area contributed by atoms with Gasteiger partial charge in [-0.3, -0.25) is 20.2 Å². The number of amides is 1. The molecule has 198 valence electrons. The molecule has 2 aliphatic heterocycles. The number of carbonyl (C=O) groups excluding carboxylic acids is 1. The number of nitrogens with one attached hydrogen (secondary N) is 1. The van der Waals surface area contributed by atoms with Crippen molar-refractivity contribution in [3.05, 3.63) is 58.1 Å². The van der Waals surface area contributed by atoms with Crippen molar-refractivity contribution >= 4 is 40.3 Å². The van der Waals surface area contributed by atoms with Crippen molar-refractivity contribution in [3.63, 3.8) is 0 Å². The summed E-state index contributed by atoms with van der Waals surface area (Å²) in [4.78, 5) is 30.4. The lowest BCUT2D eigenvalue weighted by Crippen LogP contribution is -2.52. The van der Waals surface area contributed by atoms with E-state index in [-0.39, 0.29) is 16.5 Å². The SMILES string of the molecule is CC(C)COc1ccc(C(=O)NC(=S)N2CCN(c3ccc([N+](=O)[O-])c(N4CCCCC4)c3)CC2)cc1. The van der Waals surface area contributed by atoms with E-state index in [1.54, 1.807) is 30.3 Å². The number of nitro benzene ring substituents is 1. The maximum atomic E-state index is 12.7. The number of nitrogens with zero attached hydrogens (tertiary/aromatic N) is 4. The molecule has 0 unspecified atom stereocenters. The Morgan fingerprint density at radius 3 is 2.30 bits per heavy atom. The number of benzene rings is 2. The molecule has 9 nitrogen and oxygen atoms in total. The minimum absolute atomic E-state index is 0.160. The summed E-state index contributed by atoms with van der Waals surface area (Å²) < 4.78 is 5.68. The fourth-order valence-electron chi connectivity index (χ4n) is 4.63. The highest BCUT2D eigenvalue weighted by Gasteiger charge is 2.25. The van der Waals surface area contributed by atoms with Gasteiger partial charge in [-0.15, -0.1) is 0 Å². The van der Waals surface area contributed by atoms with E-state index in [1.165, 1.54) is 6.42 Å². The topological polar surface area (TPSA) is 91.2 Å². The van der Waals surface area contributed by atoms with E-state index in [0.29, 0.717) is 55.1 Å². The first kappa shape index (κ1) is 26.7. The Kier molecular flexibility index (Phi) is 8.81. The molecule has 37 heavy (non-hydrogen) atoms. The fourth-order valence-corrected chi connectivity index (χ4v) is 4.91. The molecular weight excluding hydrogens is 490 g/mol. The Morgan fingerprint density at radius 2 is 1.68 bits per heavy atom. The lowest BCUT2D eigenvalue weighted by Gasteiger charge is -2.37. The van der Waals surface area contributed by atoms with Gasteiger partial charge in [-0.1, -0.05) is 13.8 Å². The summed E-state index contributed by atoms with van der Waals surface area (Å²) in [5.74, 6) is 0.918. The first-order valence-electron chi connectivity index (χ1n) is 12.9. The van der Waals surface area contributed by atoms with E-state index in [9.17, 15) is 14.9 Å². The molecule has 0 saturated carbocycles. The average molecular weight is 526 g/mol. The van der Waals surface area contributed by atoms with E-state index >= 15 is 0 Å². The van der Waals surface area contributed by atoms with Gasteiger partial charge in [0.1, 0.15) is 11.4 Å². The predicted octanol–water partition coefficient (Wildman–Crippen LogP) is 4.46. The molecule has 2 heterocycles. The summed E-state index contributed by atoms with van der Waals surface area (Å²) >= 11 is 5.52. The van der Waals surface area contributed by atoms with Crippen LogP contribution in [0.3, 0.4) is 0 Å². The van der Waals surface area contributed by atoms with E-state index in [4.69, 9.17) is 17.0 Å². The number of carbonyl (C=O) groups is 1. The maximum Gasteiger partial charge on any atom is 0.292 e. The second kappa shape index (κ2) is 12.2. The Labute approximate surface area is 223 Å². The molecule has 0 atom stereocenters. The normalized spacial score (nSPS) is 16.0. The molecule has 10 heteroatoms. The molecule has 2 saturated heterocycles. The van der Waals surface area contributed by atoms with Crippen LogP contribution in [-0.4, -0.2) is 66.7 Å². The molecule has 0 bridgehead atoms. The second-order valence-corrected chi connectivity index (χ2v) is 10.3. The van der Waals surface area contributed by atoms with Crippen LogP contribution < -0.4 is 19.9 Å². The number of thiocarbonyl (C=S) groups is 1. The average Bonchev–Trinajstić information content (AvgIpc) is 2.92. The van der Waals surface area contributed by atoms with Crippen LogP contribution in [0, 0.1) is 16.0 Å². The number of rotatable bonds is 7. The lowest BCUT2D eigenvalue weighted by molar-refractivity contribution is -0.384. The highest BCUT2D eigenvalue weighted by atomic mass is 32.1. The number of ether oxygens (including phenoxy) is 1. The van der Waals surface area contributed by atoms with E-state index < -0.39 is 0 Å². The van der Waals surface area contributed by atoms with Gasteiger partial charge in [0, 0.05) is 56.6 Å². The largest absolute Gasteiger partial charge is 0.493 e.